The van der Waals surface area contributed by atoms with Gasteiger partial charge in [0.05, 0.1) is 5.39 Å². The number of carbonyl (C=O) groups is 1. The zero-order chi connectivity index (χ0) is 23.3. The third-order valence-electron chi connectivity index (χ3n) is 7.19. The highest BCUT2D eigenvalue weighted by molar-refractivity contribution is 5.69. The molecule has 1 aliphatic carbocycles. The Labute approximate surface area is 194 Å². The van der Waals surface area contributed by atoms with E-state index in [4.69, 9.17) is 9.15 Å². The van der Waals surface area contributed by atoms with Crippen LogP contribution in [0.3, 0.4) is 0 Å². The molecule has 32 heavy (non-hydrogen) atoms. The van der Waals surface area contributed by atoms with Gasteiger partial charge in [0.25, 0.3) is 0 Å². The summed E-state index contributed by atoms with van der Waals surface area (Å²) in [4.78, 5) is 22.6. The number of hydrogen-bond acceptors (Lipinski definition) is 4. The van der Waals surface area contributed by atoms with Crippen LogP contribution in [0.4, 0.5) is 0 Å². The Morgan fingerprint density at radius 2 is 1.59 bits per heavy atom. The van der Waals surface area contributed by atoms with Crippen molar-refractivity contribution in [2.75, 3.05) is 0 Å². The second-order valence-electron chi connectivity index (χ2n) is 9.70. The number of esters is 1. The molecule has 2 unspecified atom stereocenters. The van der Waals surface area contributed by atoms with Gasteiger partial charge in [0, 0.05) is 6.42 Å². The quantitative estimate of drug-likeness (QED) is 0.262. The predicted molar refractivity (Wildman–Crippen MR) is 132 cm³/mol. The van der Waals surface area contributed by atoms with Crippen molar-refractivity contribution in [2.24, 2.45) is 17.8 Å². The first kappa shape index (κ1) is 26.4. The van der Waals surface area contributed by atoms with Gasteiger partial charge in [0.1, 0.15) is 11.7 Å². The third kappa shape index (κ3) is 8.96. The normalized spacial score (nSPS) is 20.4. The number of hydrogen-bond donors (Lipinski definition) is 0. The molecule has 1 aromatic carbocycles. The summed E-state index contributed by atoms with van der Waals surface area (Å²) < 4.78 is 10.4. The Balaban J connectivity index is 0.000000329. The first-order valence-corrected chi connectivity index (χ1v) is 13.0. The van der Waals surface area contributed by atoms with E-state index in [9.17, 15) is 9.59 Å². The standard InChI is InChI=1S/C21H40O2.C7H4O2/c1-5-7-9-11-19-13-15-20(16-14-19)17(3)18(4)23-21(22)12-10-8-6-2;8-7-5-1-3-6(9-7)4-2-5/h17-20H,5-16H2,1-4H3;1-4H. The van der Waals surface area contributed by atoms with Crippen molar-refractivity contribution in [3.63, 3.8) is 0 Å². The summed E-state index contributed by atoms with van der Waals surface area (Å²) >= 11 is 0. The van der Waals surface area contributed by atoms with Crippen LogP contribution in [0, 0.1) is 17.8 Å². The highest BCUT2D eigenvalue weighted by atomic mass is 16.5. The molecular formula is C28H44O4. The van der Waals surface area contributed by atoms with E-state index < -0.39 is 0 Å². The number of ether oxygens (including phenoxy) is 1. The lowest BCUT2D eigenvalue weighted by atomic mass is 9.73. The summed E-state index contributed by atoms with van der Waals surface area (Å²) in [6.45, 7) is 8.82. The summed E-state index contributed by atoms with van der Waals surface area (Å²) in [5.74, 6) is 2.21. The Morgan fingerprint density at radius 3 is 2.09 bits per heavy atom. The molecule has 4 heteroatoms. The molecule has 180 valence electrons. The fraction of sp³-hybridized carbons (Fsp3) is 0.714. The zero-order valence-corrected chi connectivity index (χ0v) is 20.7. The molecule has 0 N–H and O–H groups in total. The minimum atomic E-state index is -0.241. The third-order valence-corrected chi connectivity index (χ3v) is 7.19. The van der Waals surface area contributed by atoms with Crippen molar-refractivity contribution in [2.45, 2.75) is 111 Å². The van der Waals surface area contributed by atoms with E-state index in [2.05, 4.69) is 27.7 Å². The van der Waals surface area contributed by atoms with Crippen molar-refractivity contribution < 1.29 is 13.9 Å². The summed E-state index contributed by atoms with van der Waals surface area (Å²) in [5.41, 5.74) is 0.394. The number of rotatable bonds is 11. The van der Waals surface area contributed by atoms with Gasteiger partial charge in [-0.2, -0.15) is 0 Å². The molecule has 4 rings (SSSR count). The van der Waals surface area contributed by atoms with Gasteiger partial charge in [0.15, 0.2) is 0 Å². The van der Waals surface area contributed by atoms with Gasteiger partial charge in [-0.3, -0.25) is 4.79 Å². The molecule has 0 spiro atoms. The molecule has 0 radical (unpaired) electrons. The molecule has 3 aromatic rings. The van der Waals surface area contributed by atoms with Crippen LogP contribution in [0.25, 0.3) is 11.0 Å². The summed E-state index contributed by atoms with van der Waals surface area (Å²) in [7, 11) is 0. The smallest absolute Gasteiger partial charge is 0.343 e. The van der Waals surface area contributed by atoms with Gasteiger partial charge < -0.3 is 9.15 Å². The maximum absolute atomic E-state index is 11.9. The van der Waals surface area contributed by atoms with Crippen LogP contribution in [0.15, 0.2) is 33.5 Å². The summed E-state index contributed by atoms with van der Waals surface area (Å²) in [6.07, 6.45) is 14.9. The van der Waals surface area contributed by atoms with Gasteiger partial charge in [-0.25, -0.2) is 4.79 Å². The lowest BCUT2D eigenvalue weighted by molar-refractivity contribution is -0.152. The van der Waals surface area contributed by atoms with E-state index >= 15 is 0 Å². The molecular weight excluding hydrogens is 400 g/mol. The SMILES string of the molecule is CCCCCC(=O)OC(C)C(C)C1CCC(CCCCC)CC1.O=c1oc2ccc1cc2. The summed E-state index contributed by atoms with van der Waals surface area (Å²) in [5, 5.41) is 0.630. The molecule has 2 aromatic heterocycles. The van der Waals surface area contributed by atoms with Gasteiger partial charge >= 0.3 is 11.6 Å². The minimum Gasteiger partial charge on any atom is -0.462 e. The lowest BCUT2D eigenvalue weighted by Gasteiger charge is -2.34. The van der Waals surface area contributed by atoms with Crippen molar-refractivity contribution in [3.8, 4) is 0 Å². The minimum absolute atomic E-state index is 0.00560. The van der Waals surface area contributed by atoms with E-state index in [0.29, 0.717) is 23.3 Å². The highest BCUT2D eigenvalue weighted by Gasteiger charge is 2.29. The average molecular weight is 445 g/mol. The number of benzene rings is 1. The maximum atomic E-state index is 11.9. The molecule has 1 aliphatic rings. The van der Waals surface area contributed by atoms with E-state index in [1.807, 2.05) is 0 Å². The summed E-state index contributed by atoms with van der Waals surface area (Å²) in [6, 6.07) is 7.05. The van der Waals surface area contributed by atoms with Crippen LogP contribution in [0.2, 0.25) is 0 Å². The van der Waals surface area contributed by atoms with E-state index in [-0.39, 0.29) is 17.7 Å². The molecule has 1 fully saturated rings. The van der Waals surface area contributed by atoms with Gasteiger partial charge in [-0.05, 0) is 68.2 Å². The first-order valence-electron chi connectivity index (χ1n) is 13.0. The van der Waals surface area contributed by atoms with Gasteiger partial charge in [-0.1, -0.05) is 72.1 Å². The molecule has 0 amide bonds. The molecule has 2 heterocycles. The second-order valence-corrected chi connectivity index (χ2v) is 9.70. The van der Waals surface area contributed by atoms with E-state index in [0.717, 1.165) is 31.1 Å². The number of carbonyl (C=O) groups excluding carboxylic acids is 1. The predicted octanol–water partition coefficient (Wildman–Crippen LogP) is 7.75. The average Bonchev–Trinajstić information content (AvgIpc) is 2.80. The van der Waals surface area contributed by atoms with Crippen LogP contribution in [0.1, 0.15) is 105 Å². The fourth-order valence-electron chi connectivity index (χ4n) is 4.79. The monoisotopic (exact) mass is 444 g/mol. The largest absolute Gasteiger partial charge is 0.462 e. The van der Waals surface area contributed by atoms with Crippen molar-refractivity contribution in [1.82, 2.24) is 0 Å². The highest BCUT2D eigenvalue weighted by Crippen LogP contribution is 2.37. The van der Waals surface area contributed by atoms with Gasteiger partial charge in [-0.15, -0.1) is 0 Å². The van der Waals surface area contributed by atoms with Crippen LogP contribution in [0.5, 0.6) is 0 Å². The van der Waals surface area contributed by atoms with Crippen LogP contribution in [-0.4, -0.2) is 12.1 Å². The van der Waals surface area contributed by atoms with Crippen molar-refractivity contribution in [1.29, 1.82) is 0 Å². The Bertz CT molecular complexity index is 782. The Hall–Kier alpha value is -1.84. The lowest BCUT2D eigenvalue weighted by Crippen LogP contribution is -2.30. The molecule has 1 saturated carbocycles. The Morgan fingerprint density at radius 1 is 0.969 bits per heavy atom. The number of unbranched alkanes of at least 4 members (excludes halogenated alkanes) is 4. The van der Waals surface area contributed by atoms with E-state index in [1.165, 1.54) is 51.4 Å². The molecule has 0 aliphatic heterocycles. The first-order chi connectivity index (χ1) is 15.4. The van der Waals surface area contributed by atoms with E-state index in [1.54, 1.807) is 24.3 Å². The Kier molecular flexibility index (Phi) is 11.8. The molecule has 2 bridgehead atoms. The molecule has 0 saturated heterocycles. The zero-order valence-electron chi connectivity index (χ0n) is 20.7. The fourth-order valence-corrected chi connectivity index (χ4v) is 4.79. The molecule has 2 atom stereocenters. The van der Waals surface area contributed by atoms with Crippen molar-refractivity contribution in [3.05, 3.63) is 34.7 Å². The second kappa shape index (κ2) is 14.3. The van der Waals surface area contributed by atoms with Crippen molar-refractivity contribution >= 4 is 16.9 Å². The van der Waals surface area contributed by atoms with Crippen LogP contribution >= 0.6 is 0 Å². The van der Waals surface area contributed by atoms with Crippen LogP contribution in [-0.2, 0) is 9.53 Å². The number of fused-ring (bicyclic) bond motifs is 3. The molecule has 4 nitrogen and oxygen atoms in total. The maximum Gasteiger partial charge on any atom is 0.343 e. The topological polar surface area (TPSA) is 56.5 Å². The van der Waals surface area contributed by atoms with Gasteiger partial charge in [0.2, 0.25) is 0 Å². The van der Waals surface area contributed by atoms with Crippen LogP contribution < -0.4 is 5.63 Å².